The molecule has 0 atom stereocenters. The van der Waals surface area contributed by atoms with Gasteiger partial charge in [-0.25, -0.2) is 4.98 Å². The lowest BCUT2D eigenvalue weighted by Gasteiger charge is -2.38. The van der Waals surface area contributed by atoms with Gasteiger partial charge in [0.1, 0.15) is 5.69 Å². The molecule has 2 aromatic carbocycles. The van der Waals surface area contributed by atoms with Crippen molar-refractivity contribution in [1.29, 1.82) is 0 Å². The highest BCUT2D eigenvalue weighted by Gasteiger charge is 2.47. The maximum absolute atomic E-state index is 13.2. The Hall–Kier alpha value is -2.73. The normalized spacial score (nSPS) is 16.4. The van der Waals surface area contributed by atoms with Crippen molar-refractivity contribution in [2.24, 2.45) is 10.2 Å². The summed E-state index contributed by atoms with van der Waals surface area (Å²) in [6.07, 6.45) is 2.82. The van der Waals surface area contributed by atoms with E-state index in [2.05, 4.69) is 20.1 Å². The van der Waals surface area contributed by atoms with Crippen LogP contribution in [0.1, 0.15) is 29.5 Å². The number of sulfonamides is 1. The average molecular weight is 496 g/mol. The van der Waals surface area contributed by atoms with E-state index in [-0.39, 0.29) is 11.4 Å². The molecule has 0 bridgehead atoms. The fraction of sp³-hybridized carbons (Fsp3) is 0.381. The second-order valence-corrected chi connectivity index (χ2v) is 10.9. The van der Waals surface area contributed by atoms with Crippen LogP contribution in [0.3, 0.4) is 0 Å². The first-order valence-electron chi connectivity index (χ1n) is 10.4. The smallest absolute Gasteiger partial charge is 0.371 e. The Morgan fingerprint density at radius 3 is 2.64 bits per heavy atom. The number of hydrogen-bond donors (Lipinski definition) is 1. The number of aryl methyl sites for hydroxylation is 2. The summed E-state index contributed by atoms with van der Waals surface area (Å²) in [5, 5.41) is 8.69. The van der Waals surface area contributed by atoms with Gasteiger partial charge in [-0.1, -0.05) is 17.4 Å². The molecular formula is C21H20F3N5O2S2. The third kappa shape index (κ3) is 4.05. The quantitative estimate of drug-likeness (QED) is 0.451. The minimum atomic E-state index is -5.62. The molecule has 0 saturated heterocycles. The summed E-state index contributed by atoms with van der Waals surface area (Å²) in [6.45, 7) is 3.52. The fourth-order valence-corrected chi connectivity index (χ4v) is 5.77. The molecular weight excluding hydrogens is 475 g/mol. The average Bonchev–Trinajstić information content (AvgIpc) is 3.15. The molecule has 0 aliphatic carbocycles. The molecule has 7 nitrogen and oxygen atoms in total. The van der Waals surface area contributed by atoms with E-state index in [0.29, 0.717) is 23.5 Å². The van der Waals surface area contributed by atoms with Gasteiger partial charge in [0.2, 0.25) is 5.13 Å². The fourth-order valence-electron chi connectivity index (χ4n) is 4.39. The standard InChI is InChI=1S/C21H20F3N5O2S2/c1-12-6-7-17-15(10-12)25-20(32-17)27-26-16-11-13-4-2-8-29-9-3-5-14(19(13)29)18(16)28-33(30,31)21(22,23)24/h6-7,10-11,28H,2-5,8-9H2,1H3. The van der Waals surface area contributed by atoms with E-state index in [0.717, 1.165) is 53.0 Å². The van der Waals surface area contributed by atoms with Gasteiger partial charge >= 0.3 is 15.5 Å². The minimum absolute atomic E-state index is 0.0655. The third-order valence-corrected chi connectivity index (χ3v) is 7.82. The SMILES string of the molecule is Cc1ccc2sc(N=Nc3cc4c5c(c3NS(=O)(=O)C(F)(F)F)CCCN5CCC4)nc2c1. The van der Waals surface area contributed by atoms with E-state index in [1.807, 2.05) is 25.1 Å². The number of nitrogens with zero attached hydrogens (tertiary/aromatic N) is 4. The van der Waals surface area contributed by atoms with Gasteiger partial charge in [0.05, 0.1) is 15.9 Å². The number of aromatic nitrogens is 1. The lowest BCUT2D eigenvalue weighted by molar-refractivity contribution is -0.0429. The molecule has 33 heavy (non-hydrogen) atoms. The topological polar surface area (TPSA) is 87.0 Å². The Labute approximate surface area is 192 Å². The van der Waals surface area contributed by atoms with Crippen LogP contribution in [0.5, 0.6) is 0 Å². The van der Waals surface area contributed by atoms with E-state index in [9.17, 15) is 21.6 Å². The Balaban J connectivity index is 1.63. The maximum Gasteiger partial charge on any atom is 0.516 e. The van der Waals surface area contributed by atoms with Gasteiger partial charge in [-0.3, -0.25) is 4.72 Å². The minimum Gasteiger partial charge on any atom is -0.371 e. The van der Waals surface area contributed by atoms with Crippen molar-refractivity contribution >= 4 is 53.8 Å². The highest BCUT2D eigenvalue weighted by Crippen LogP contribution is 2.46. The summed E-state index contributed by atoms with van der Waals surface area (Å²) in [5.74, 6) is 0. The number of alkyl halides is 3. The molecule has 0 radical (unpaired) electrons. The number of thiazole rings is 1. The van der Waals surface area contributed by atoms with E-state index < -0.39 is 15.5 Å². The first-order valence-corrected chi connectivity index (χ1v) is 12.7. The number of halogens is 3. The first kappa shape index (κ1) is 22.1. The molecule has 2 aliphatic heterocycles. The summed E-state index contributed by atoms with van der Waals surface area (Å²) < 4.78 is 66.3. The summed E-state index contributed by atoms with van der Waals surface area (Å²) in [5.41, 5.74) is -1.43. The maximum atomic E-state index is 13.2. The van der Waals surface area contributed by atoms with Gasteiger partial charge in [0.25, 0.3) is 0 Å². The number of anilines is 2. The Morgan fingerprint density at radius 1 is 1.12 bits per heavy atom. The van der Waals surface area contributed by atoms with Crippen molar-refractivity contribution in [3.8, 4) is 0 Å². The van der Waals surface area contributed by atoms with Crippen molar-refractivity contribution in [3.05, 3.63) is 41.0 Å². The number of azo groups is 1. The zero-order valence-corrected chi connectivity index (χ0v) is 19.2. The van der Waals surface area contributed by atoms with Gasteiger partial charge in [-0.15, -0.1) is 10.2 Å². The van der Waals surface area contributed by atoms with Crippen LogP contribution < -0.4 is 9.62 Å². The van der Waals surface area contributed by atoms with E-state index in [1.54, 1.807) is 10.8 Å². The van der Waals surface area contributed by atoms with Gasteiger partial charge in [-0.2, -0.15) is 21.6 Å². The molecule has 0 amide bonds. The molecule has 0 saturated carbocycles. The molecule has 0 spiro atoms. The predicted octanol–water partition coefficient (Wildman–Crippen LogP) is 5.98. The second kappa shape index (κ2) is 7.94. The monoisotopic (exact) mass is 495 g/mol. The first-order chi connectivity index (χ1) is 15.6. The largest absolute Gasteiger partial charge is 0.516 e. The highest BCUT2D eigenvalue weighted by atomic mass is 32.2. The van der Waals surface area contributed by atoms with E-state index in [1.165, 1.54) is 11.3 Å². The van der Waals surface area contributed by atoms with Gasteiger partial charge in [-0.05, 0) is 61.9 Å². The number of benzene rings is 2. The molecule has 0 fully saturated rings. The van der Waals surface area contributed by atoms with Crippen LogP contribution in [-0.2, 0) is 22.9 Å². The zero-order valence-electron chi connectivity index (χ0n) is 17.6. The van der Waals surface area contributed by atoms with Crippen molar-refractivity contribution in [2.75, 3.05) is 22.7 Å². The summed E-state index contributed by atoms with van der Waals surface area (Å²) in [7, 11) is -5.62. The second-order valence-electron chi connectivity index (χ2n) is 8.17. The van der Waals surface area contributed by atoms with Gasteiger partial charge < -0.3 is 4.90 Å². The van der Waals surface area contributed by atoms with Crippen molar-refractivity contribution in [2.45, 2.75) is 38.1 Å². The summed E-state index contributed by atoms with van der Waals surface area (Å²) in [4.78, 5) is 6.53. The Morgan fingerprint density at radius 2 is 1.88 bits per heavy atom. The molecule has 12 heteroatoms. The predicted molar refractivity (Wildman–Crippen MR) is 122 cm³/mol. The summed E-state index contributed by atoms with van der Waals surface area (Å²) in [6, 6.07) is 7.42. The lowest BCUT2D eigenvalue weighted by Crippen LogP contribution is -2.36. The molecule has 1 aromatic heterocycles. The van der Waals surface area contributed by atoms with Crippen LogP contribution in [-0.4, -0.2) is 32.0 Å². The Bertz CT molecular complexity index is 1380. The van der Waals surface area contributed by atoms with Crippen LogP contribution >= 0.6 is 11.3 Å². The van der Waals surface area contributed by atoms with Crippen LogP contribution in [0.15, 0.2) is 34.5 Å². The molecule has 2 aliphatic rings. The third-order valence-electron chi connectivity index (χ3n) is 5.82. The molecule has 5 rings (SSSR count). The molecule has 1 N–H and O–H groups in total. The Kier molecular flexibility index (Phi) is 5.31. The molecule has 3 aromatic rings. The highest BCUT2D eigenvalue weighted by molar-refractivity contribution is 7.93. The summed E-state index contributed by atoms with van der Waals surface area (Å²) >= 11 is 1.30. The van der Waals surface area contributed by atoms with Crippen LogP contribution in [0.25, 0.3) is 10.2 Å². The molecule has 0 unspecified atom stereocenters. The zero-order chi connectivity index (χ0) is 23.4. The van der Waals surface area contributed by atoms with Crippen molar-refractivity contribution in [1.82, 2.24) is 4.98 Å². The van der Waals surface area contributed by atoms with Crippen LogP contribution in [0, 0.1) is 6.92 Å². The van der Waals surface area contributed by atoms with Gasteiger partial charge in [0, 0.05) is 24.3 Å². The number of hydrogen-bond acceptors (Lipinski definition) is 7. The molecule has 3 heterocycles. The van der Waals surface area contributed by atoms with E-state index in [4.69, 9.17) is 0 Å². The van der Waals surface area contributed by atoms with Gasteiger partial charge in [0.15, 0.2) is 0 Å². The number of nitrogens with one attached hydrogen (secondary N) is 1. The number of rotatable bonds is 4. The van der Waals surface area contributed by atoms with Crippen molar-refractivity contribution in [3.63, 3.8) is 0 Å². The molecule has 174 valence electrons. The van der Waals surface area contributed by atoms with Crippen LogP contribution in [0.2, 0.25) is 0 Å². The van der Waals surface area contributed by atoms with Crippen molar-refractivity contribution < 1.29 is 21.6 Å². The lowest BCUT2D eigenvalue weighted by atomic mass is 9.90. The van der Waals surface area contributed by atoms with Crippen LogP contribution in [0.4, 0.5) is 35.4 Å². The van der Waals surface area contributed by atoms with E-state index >= 15 is 0 Å². The number of fused-ring (bicyclic) bond motifs is 1.